The Morgan fingerprint density at radius 3 is 2.80 bits per heavy atom. The van der Waals surface area contributed by atoms with Gasteiger partial charge >= 0.3 is 0 Å². The lowest BCUT2D eigenvalue weighted by Gasteiger charge is -2.21. The minimum absolute atomic E-state index is 0.522. The number of aromatic nitrogens is 1. The molecule has 1 aliphatic rings. The van der Waals surface area contributed by atoms with Crippen molar-refractivity contribution in [2.45, 2.75) is 39.5 Å². The summed E-state index contributed by atoms with van der Waals surface area (Å²) in [5.74, 6) is 0.522. The Morgan fingerprint density at radius 2 is 2.20 bits per heavy atom. The summed E-state index contributed by atoms with van der Waals surface area (Å²) in [6, 6.07) is 4.20. The minimum Gasteiger partial charge on any atom is -0.381 e. The standard InChI is InChI=1S/C11H15NO.C2H6/c1-9-4-5-12-11(7-9)10-3-2-6-13-8-10;1-2/h4-5,7,10H,2-3,6,8H2,1H3;1-2H3. The summed E-state index contributed by atoms with van der Waals surface area (Å²) in [7, 11) is 0. The molecule has 1 atom stereocenters. The molecule has 0 spiro atoms. The fourth-order valence-electron chi connectivity index (χ4n) is 1.76. The number of nitrogens with zero attached hydrogens (tertiary/aromatic N) is 1. The van der Waals surface area contributed by atoms with E-state index < -0.39 is 0 Å². The molecule has 1 aliphatic heterocycles. The Bertz CT molecular complexity index is 280. The van der Waals surface area contributed by atoms with Gasteiger partial charge in [0.25, 0.3) is 0 Å². The van der Waals surface area contributed by atoms with E-state index >= 15 is 0 Å². The van der Waals surface area contributed by atoms with Crippen molar-refractivity contribution in [3.63, 3.8) is 0 Å². The van der Waals surface area contributed by atoms with E-state index in [2.05, 4.69) is 18.0 Å². The van der Waals surface area contributed by atoms with Crippen LogP contribution in [0.4, 0.5) is 0 Å². The highest BCUT2D eigenvalue weighted by Crippen LogP contribution is 2.23. The van der Waals surface area contributed by atoms with Crippen molar-refractivity contribution < 1.29 is 4.74 Å². The van der Waals surface area contributed by atoms with Gasteiger partial charge in [0.15, 0.2) is 0 Å². The third-order valence-corrected chi connectivity index (χ3v) is 2.52. The molecular weight excluding hydrogens is 186 g/mol. The fraction of sp³-hybridized carbons (Fsp3) is 0.615. The second-order valence-corrected chi connectivity index (χ2v) is 3.67. The van der Waals surface area contributed by atoms with Gasteiger partial charge in [0.05, 0.1) is 6.61 Å². The molecule has 2 heterocycles. The molecule has 0 aliphatic carbocycles. The first-order valence-corrected chi connectivity index (χ1v) is 5.86. The van der Waals surface area contributed by atoms with E-state index in [9.17, 15) is 0 Å². The molecule has 1 unspecified atom stereocenters. The molecule has 0 bridgehead atoms. The Morgan fingerprint density at radius 1 is 1.40 bits per heavy atom. The first-order chi connectivity index (χ1) is 7.36. The van der Waals surface area contributed by atoms with E-state index in [0.717, 1.165) is 13.2 Å². The van der Waals surface area contributed by atoms with Crippen molar-refractivity contribution in [2.75, 3.05) is 13.2 Å². The van der Waals surface area contributed by atoms with Crippen LogP contribution in [0.2, 0.25) is 0 Å². The third kappa shape index (κ3) is 3.63. The molecule has 0 aromatic carbocycles. The van der Waals surface area contributed by atoms with Gasteiger partial charge in [-0.3, -0.25) is 4.98 Å². The second-order valence-electron chi connectivity index (χ2n) is 3.67. The zero-order valence-corrected chi connectivity index (χ0v) is 9.99. The quantitative estimate of drug-likeness (QED) is 0.705. The van der Waals surface area contributed by atoms with Gasteiger partial charge in [-0.05, 0) is 37.5 Å². The fourth-order valence-corrected chi connectivity index (χ4v) is 1.76. The van der Waals surface area contributed by atoms with Crippen LogP contribution in [-0.4, -0.2) is 18.2 Å². The van der Waals surface area contributed by atoms with Gasteiger partial charge in [-0.2, -0.15) is 0 Å². The van der Waals surface area contributed by atoms with Crippen LogP contribution in [0, 0.1) is 6.92 Å². The van der Waals surface area contributed by atoms with Crippen LogP contribution in [0.1, 0.15) is 43.9 Å². The largest absolute Gasteiger partial charge is 0.381 e. The molecule has 1 saturated heterocycles. The predicted molar refractivity (Wildman–Crippen MR) is 63.1 cm³/mol. The highest BCUT2D eigenvalue weighted by molar-refractivity contribution is 5.18. The van der Waals surface area contributed by atoms with Crippen molar-refractivity contribution in [3.05, 3.63) is 29.6 Å². The first kappa shape index (κ1) is 12.2. The summed E-state index contributed by atoms with van der Waals surface area (Å²) in [6.45, 7) is 7.87. The van der Waals surface area contributed by atoms with Gasteiger partial charge in [-0.1, -0.05) is 13.8 Å². The molecule has 0 amide bonds. The summed E-state index contributed by atoms with van der Waals surface area (Å²) in [4.78, 5) is 4.38. The number of pyridine rings is 1. The molecule has 84 valence electrons. The van der Waals surface area contributed by atoms with Gasteiger partial charge in [0.1, 0.15) is 0 Å². The highest BCUT2D eigenvalue weighted by Gasteiger charge is 2.16. The molecule has 1 aromatic rings. The molecular formula is C13H21NO. The Labute approximate surface area is 92.7 Å². The van der Waals surface area contributed by atoms with Crippen LogP contribution < -0.4 is 0 Å². The molecule has 0 radical (unpaired) electrons. The average molecular weight is 207 g/mol. The lowest BCUT2D eigenvalue weighted by Crippen LogP contribution is -2.16. The molecule has 1 fully saturated rings. The van der Waals surface area contributed by atoms with E-state index in [0.29, 0.717) is 5.92 Å². The summed E-state index contributed by atoms with van der Waals surface area (Å²) in [5, 5.41) is 0. The van der Waals surface area contributed by atoms with Crippen LogP contribution in [0.5, 0.6) is 0 Å². The van der Waals surface area contributed by atoms with E-state index in [4.69, 9.17) is 4.74 Å². The van der Waals surface area contributed by atoms with E-state index in [-0.39, 0.29) is 0 Å². The molecule has 1 aromatic heterocycles. The van der Waals surface area contributed by atoms with Gasteiger partial charge in [0, 0.05) is 24.4 Å². The zero-order valence-electron chi connectivity index (χ0n) is 9.99. The van der Waals surface area contributed by atoms with E-state index in [1.165, 1.54) is 24.1 Å². The molecule has 15 heavy (non-hydrogen) atoms. The Hall–Kier alpha value is -0.890. The lowest BCUT2D eigenvalue weighted by atomic mass is 9.97. The number of ether oxygens (including phenoxy) is 1. The maximum Gasteiger partial charge on any atom is 0.0549 e. The zero-order chi connectivity index (χ0) is 11.1. The summed E-state index contributed by atoms with van der Waals surface area (Å²) < 4.78 is 5.44. The number of aryl methyl sites for hydroxylation is 1. The predicted octanol–water partition coefficient (Wildman–Crippen LogP) is 3.31. The van der Waals surface area contributed by atoms with Gasteiger partial charge in [-0.25, -0.2) is 0 Å². The van der Waals surface area contributed by atoms with Crippen molar-refractivity contribution in [1.82, 2.24) is 4.98 Å². The smallest absolute Gasteiger partial charge is 0.0549 e. The van der Waals surface area contributed by atoms with Crippen molar-refractivity contribution >= 4 is 0 Å². The number of rotatable bonds is 1. The lowest BCUT2D eigenvalue weighted by molar-refractivity contribution is 0.0793. The summed E-state index contributed by atoms with van der Waals surface area (Å²) in [6.07, 6.45) is 4.27. The maximum absolute atomic E-state index is 5.44. The van der Waals surface area contributed by atoms with Crippen LogP contribution in [0.15, 0.2) is 18.3 Å². The minimum atomic E-state index is 0.522. The van der Waals surface area contributed by atoms with Crippen molar-refractivity contribution in [3.8, 4) is 0 Å². The van der Waals surface area contributed by atoms with Crippen LogP contribution in [0.25, 0.3) is 0 Å². The third-order valence-electron chi connectivity index (χ3n) is 2.52. The molecule has 2 rings (SSSR count). The van der Waals surface area contributed by atoms with Crippen LogP contribution >= 0.6 is 0 Å². The van der Waals surface area contributed by atoms with Gasteiger partial charge in [-0.15, -0.1) is 0 Å². The number of hydrogen-bond acceptors (Lipinski definition) is 2. The highest BCUT2D eigenvalue weighted by atomic mass is 16.5. The van der Waals surface area contributed by atoms with Crippen LogP contribution in [0.3, 0.4) is 0 Å². The monoisotopic (exact) mass is 207 g/mol. The molecule has 0 N–H and O–H groups in total. The van der Waals surface area contributed by atoms with E-state index in [1.54, 1.807) is 0 Å². The van der Waals surface area contributed by atoms with Crippen molar-refractivity contribution in [1.29, 1.82) is 0 Å². The average Bonchev–Trinajstić information content (AvgIpc) is 2.33. The second kappa shape index (κ2) is 6.57. The molecule has 0 saturated carbocycles. The maximum atomic E-state index is 5.44. The summed E-state index contributed by atoms with van der Waals surface area (Å²) in [5.41, 5.74) is 2.48. The Balaban J connectivity index is 0.000000531. The van der Waals surface area contributed by atoms with E-state index in [1.807, 2.05) is 26.1 Å². The first-order valence-electron chi connectivity index (χ1n) is 5.86. The summed E-state index contributed by atoms with van der Waals surface area (Å²) >= 11 is 0. The topological polar surface area (TPSA) is 22.1 Å². The number of hydrogen-bond donors (Lipinski definition) is 0. The van der Waals surface area contributed by atoms with Crippen LogP contribution in [-0.2, 0) is 4.74 Å². The normalized spacial score (nSPS) is 20.3. The molecule has 2 nitrogen and oxygen atoms in total. The van der Waals surface area contributed by atoms with Crippen molar-refractivity contribution in [2.24, 2.45) is 0 Å². The molecule has 2 heteroatoms. The SMILES string of the molecule is CC.Cc1ccnc(C2CCCOC2)c1. The van der Waals surface area contributed by atoms with Gasteiger partial charge in [0.2, 0.25) is 0 Å². The van der Waals surface area contributed by atoms with Gasteiger partial charge < -0.3 is 4.74 Å². The Kier molecular flexibility index (Phi) is 5.33.